The van der Waals surface area contributed by atoms with E-state index in [4.69, 9.17) is 4.42 Å². The van der Waals surface area contributed by atoms with Gasteiger partial charge in [-0.25, -0.2) is 4.98 Å². The van der Waals surface area contributed by atoms with Crippen molar-refractivity contribution < 1.29 is 22.4 Å². The van der Waals surface area contributed by atoms with Gasteiger partial charge in [-0.1, -0.05) is 56.3 Å². The maximum absolute atomic E-state index is 13.0. The molecule has 1 N–H and O–H groups in total. The molecule has 0 bridgehead atoms. The molecule has 1 heterocycles. The van der Waals surface area contributed by atoms with Crippen molar-refractivity contribution in [3.8, 4) is 17.5 Å². The van der Waals surface area contributed by atoms with E-state index in [-0.39, 0.29) is 11.8 Å². The van der Waals surface area contributed by atoms with E-state index in [0.717, 1.165) is 28.8 Å². The predicted molar refractivity (Wildman–Crippen MR) is 150 cm³/mol. The summed E-state index contributed by atoms with van der Waals surface area (Å²) in [5, 5.41) is 12.2. The van der Waals surface area contributed by atoms with Gasteiger partial charge in [0.1, 0.15) is 5.52 Å². The SMILES string of the molecule is CC(C)c1cc(C#N)cc2nc(-c3ccc(C(=O)NCc4ccc(Cc5cccc(C(F)(F)F)c5)cc4)cc3)oc12. The minimum Gasteiger partial charge on any atom is -0.436 e. The van der Waals surface area contributed by atoms with Crippen molar-refractivity contribution in [3.63, 3.8) is 0 Å². The van der Waals surface area contributed by atoms with Crippen LogP contribution in [0.15, 0.2) is 89.3 Å². The summed E-state index contributed by atoms with van der Waals surface area (Å²) in [4.78, 5) is 17.3. The van der Waals surface area contributed by atoms with Crippen LogP contribution >= 0.6 is 0 Å². The summed E-state index contributed by atoms with van der Waals surface area (Å²) >= 11 is 0. The number of nitriles is 1. The minimum atomic E-state index is -4.37. The molecule has 4 aromatic carbocycles. The first-order chi connectivity index (χ1) is 19.6. The Labute approximate surface area is 235 Å². The maximum atomic E-state index is 13.0. The van der Waals surface area contributed by atoms with Crippen LogP contribution in [-0.2, 0) is 19.1 Å². The van der Waals surface area contributed by atoms with Gasteiger partial charge in [0.2, 0.25) is 5.89 Å². The fourth-order valence-electron chi connectivity index (χ4n) is 4.59. The molecule has 8 heteroatoms. The molecule has 0 aliphatic heterocycles. The molecular formula is C33H26F3N3O2. The zero-order valence-corrected chi connectivity index (χ0v) is 22.4. The lowest BCUT2D eigenvalue weighted by molar-refractivity contribution is -0.137. The molecule has 1 aromatic heterocycles. The van der Waals surface area contributed by atoms with Gasteiger partial charge in [0.15, 0.2) is 5.58 Å². The van der Waals surface area contributed by atoms with Crippen LogP contribution in [0.4, 0.5) is 13.2 Å². The zero-order valence-electron chi connectivity index (χ0n) is 22.4. The molecule has 5 rings (SSSR count). The zero-order chi connectivity index (χ0) is 29.1. The molecule has 5 aromatic rings. The third-order valence-electron chi connectivity index (χ3n) is 6.80. The maximum Gasteiger partial charge on any atom is 0.416 e. The molecule has 0 aliphatic rings. The van der Waals surface area contributed by atoms with Crippen LogP contribution in [0.1, 0.15) is 63.5 Å². The third-order valence-corrected chi connectivity index (χ3v) is 6.80. The molecule has 0 saturated heterocycles. The Bertz CT molecular complexity index is 1750. The van der Waals surface area contributed by atoms with Crippen LogP contribution in [0.5, 0.6) is 0 Å². The number of nitrogens with one attached hydrogen (secondary N) is 1. The Kier molecular flexibility index (Phi) is 7.62. The largest absolute Gasteiger partial charge is 0.436 e. The highest BCUT2D eigenvalue weighted by Gasteiger charge is 2.30. The predicted octanol–water partition coefficient (Wildman–Crippen LogP) is 8.03. The first kappa shape index (κ1) is 27.7. The Morgan fingerprint density at radius 3 is 2.32 bits per heavy atom. The van der Waals surface area contributed by atoms with Crippen molar-refractivity contribution >= 4 is 17.0 Å². The Morgan fingerprint density at radius 1 is 0.951 bits per heavy atom. The van der Waals surface area contributed by atoms with Gasteiger partial charge in [-0.3, -0.25) is 4.79 Å². The molecule has 0 aliphatic carbocycles. The number of nitrogens with zero attached hydrogens (tertiary/aromatic N) is 2. The number of oxazole rings is 1. The fourth-order valence-corrected chi connectivity index (χ4v) is 4.59. The second-order valence-electron chi connectivity index (χ2n) is 10.2. The van der Waals surface area contributed by atoms with E-state index in [1.807, 2.05) is 44.2 Å². The summed E-state index contributed by atoms with van der Waals surface area (Å²) in [5.41, 5.74) is 5.55. The van der Waals surface area contributed by atoms with E-state index in [1.165, 1.54) is 6.07 Å². The molecule has 0 radical (unpaired) electrons. The van der Waals surface area contributed by atoms with Crippen LogP contribution in [0.3, 0.4) is 0 Å². The normalized spacial score (nSPS) is 11.5. The number of aromatic nitrogens is 1. The molecule has 0 saturated carbocycles. The molecule has 0 fully saturated rings. The molecule has 5 nitrogen and oxygen atoms in total. The number of carbonyl (C=O) groups excluding carboxylic acids is 1. The summed E-state index contributed by atoms with van der Waals surface area (Å²) in [5.74, 6) is 0.321. The lowest BCUT2D eigenvalue weighted by Crippen LogP contribution is -2.22. The molecule has 206 valence electrons. The number of rotatable bonds is 7. The molecule has 1 amide bonds. The van der Waals surface area contributed by atoms with Gasteiger partial charge in [-0.15, -0.1) is 0 Å². The van der Waals surface area contributed by atoms with Crippen molar-refractivity contribution in [1.82, 2.24) is 10.3 Å². The van der Waals surface area contributed by atoms with E-state index in [2.05, 4.69) is 16.4 Å². The van der Waals surface area contributed by atoms with Crippen LogP contribution in [-0.4, -0.2) is 10.9 Å². The quantitative estimate of drug-likeness (QED) is 0.221. The average Bonchev–Trinajstić information content (AvgIpc) is 3.40. The van der Waals surface area contributed by atoms with E-state index < -0.39 is 11.7 Å². The number of amides is 1. The summed E-state index contributed by atoms with van der Waals surface area (Å²) < 4.78 is 45.0. The molecule has 0 atom stereocenters. The van der Waals surface area contributed by atoms with E-state index >= 15 is 0 Å². The molecule has 0 spiro atoms. The number of carbonyl (C=O) groups is 1. The van der Waals surface area contributed by atoms with Crippen molar-refractivity contribution in [2.24, 2.45) is 0 Å². The topological polar surface area (TPSA) is 78.9 Å². The molecule has 41 heavy (non-hydrogen) atoms. The van der Waals surface area contributed by atoms with Crippen molar-refractivity contribution in [1.29, 1.82) is 5.26 Å². The number of halogens is 3. The van der Waals surface area contributed by atoms with Crippen LogP contribution in [0.2, 0.25) is 0 Å². The van der Waals surface area contributed by atoms with Crippen LogP contribution < -0.4 is 5.32 Å². The Hall–Kier alpha value is -4.90. The smallest absolute Gasteiger partial charge is 0.416 e. The third kappa shape index (κ3) is 6.30. The minimum absolute atomic E-state index is 0.157. The van der Waals surface area contributed by atoms with E-state index in [0.29, 0.717) is 52.2 Å². The fraction of sp³-hybridized carbons (Fsp3) is 0.182. The van der Waals surface area contributed by atoms with Gasteiger partial charge in [0.05, 0.1) is 17.2 Å². The van der Waals surface area contributed by atoms with Gasteiger partial charge in [-0.05, 0) is 71.5 Å². The number of alkyl halides is 3. The highest BCUT2D eigenvalue weighted by molar-refractivity contribution is 5.94. The van der Waals surface area contributed by atoms with E-state index in [9.17, 15) is 23.2 Å². The summed E-state index contributed by atoms with van der Waals surface area (Å²) in [7, 11) is 0. The average molecular weight is 554 g/mol. The molecular weight excluding hydrogens is 527 g/mol. The Morgan fingerprint density at radius 2 is 1.66 bits per heavy atom. The van der Waals surface area contributed by atoms with Crippen LogP contribution in [0.25, 0.3) is 22.6 Å². The highest BCUT2D eigenvalue weighted by Crippen LogP contribution is 2.32. The van der Waals surface area contributed by atoms with Gasteiger partial charge in [0.25, 0.3) is 5.91 Å². The number of benzene rings is 4. The van der Waals surface area contributed by atoms with Gasteiger partial charge in [-0.2, -0.15) is 18.4 Å². The van der Waals surface area contributed by atoms with Crippen molar-refractivity contribution in [3.05, 3.63) is 124 Å². The van der Waals surface area contributed by atoms with Gasteiger partial charge in [0, 0.05) is 23.2 Å². The first-order valence-corrected chi connectivity index (χ1v) is 13.1. The van der Waals surface area contributed by atoms with Crippen molar-refractivity contribution in [2.45, 2.75) is 38.9 Å². The van der Waals surface area contributed by atoms with Crippen molar-refractivity contribution in [2.75, 3.05) is 0 Å². The number of hydrogen-bond acceptors (Lipinski definition) is 4. The van der Waals surface area contributed by atoms with E-state index in [1.54, 1.807) is 36.4 Å². The number of hydrogen-bond donors (Lipinski definition) is 1. The summed E-state index contributed by atoms with van der Waals surface area (Å²) in [6, 6.07) is 25.3. The summed E-state index contributed by atoms with van der Waals surface area (Å²) in [6.07, 6.45) is -4.00. The van der Waals surface area contributed by atoms with Crippen LogP contribution in [0, 0.1) is 11.3 Å². The summed E-state index contributed by atoms with van der Waals surface area (Å²) in [6.45, 7) is 4.36. The second kappa shape index (κ2) is 11.3. The molecule has 0 unspecified atom stereocenters. The van der Waals surface area contributed by atoms with Gasteiger partial charge < -0.3 is 9.73 Å². The first-order valence-electron chi connectivity index (χ1n) is 13.1. The van der Waals surface area contributed by atoms with Gasteiger partial charge >= 0.3 is 6.18 Å². The highest BCUT2D eigenvalue weighted by atomic mass is 19.4. The number of fused-ring (bicyclic) bond motifs is 1. The Balaban J connectivity index is 1.22. The monoisotopic (exact) mass is 553 g/mol. The lowest BCUT2D eigenvalue weighted by atomic mass is 10.00. The standard InChI is InChI=1S/C33H26F3N3O2/c1-20(2)28-16-24(18-37)17-29-30(28)41-32(39-29)26-12-10-25(11-13-26)31(40)38-19-22-8-6-21(7-9-22)14-23-4-3-5-27(15-23)33(34,35)36/h3-13,15-17,20H,14,19H2,1-2H3,(H,38,40). The lowest BCUT2D eigenvalue weighted by Gasteiger charge is -2.10. The second-order valence-corrected chi connectivity index (χ2v) is 10.2.